The molecule has 1 heterocycles. The van der Waals surface area contributed by atoms with E-state index in [1.165, 1.54) is 11.1 Å². The molecule has 0 bridgehead atoms. The van der Waals surface area contributed by atoms with E-state index in [0.717, 1.165) is 19.6 Å². The first-order valence-electron chi connectivity index (χ1n) is 7.64. The smallest absolute Gasteiger partial charge is 0.214 e. The van der Waals surface area contributed by atoms with Crippen molar-refractivity contribution in [3.8, 4) is 6.07 Å². The summed E-state index contributed by atoms with van der Waals surface area (Å²) >= 11 is 0. The highest BCUT2D eigenvalue weighted by Crippen LogP contribution is 2.14. The van der Waals surface area contributed by atoms with E-state index < -0.39 is 10.0 Å². The van der Waals surface area contributed by atoms with Gasteiger partial charge < -0.3 is 0 Å². The number of unbranched alkanes of at least 4 members (excludes halogenated alkanes) is 1. The summed E-state index contributed by atoms with van der Waals surface area (Å²) in [4.78, 5) is 2.30. The number of aryl methyl sites for hydroxylation is 1. The monoisotopic (exact) mass is 321 g/mol. The lowest BCUT2D eigenvalue weighted by molar-refractivity contribution is 0.181. The Labute approximate surface area is 133 Å². The summed E-state index contributed by atoms with van der Waals surface area (Å²) < 4.78 is 25.9. The van der Waals surface area contributed by atoms with Crippen LogP contribution in [0.1, 0.15) is 24.0 Å². The minimum Gasteiger partial charge on any atom is -0.296 e. The van der Waals surface area contributed by atoms with E-state index in [1.54, 1.807) is 4.31 Å². The number of sulfonamides is 1. The summed E-state index contributed by atoms with van der Waals surface area (Å²) in [5.41, 5.74) is 2.57. The van der Waals surface area contributed by atoms with E-state index in [1.807, 2.05) is 18.2 Å². The fourth-order valence-electron chi connectivity index (χ4n) is 2.66. The summed E-state index contributed by atoms with van der Waals surface area (Å²) in [6.07, 6.45) is 0.717. The first-order valence-corrected chi connectivity index (χ1v) is 9.25. The Kier molecular flexibility index (Phi) is 5.95. The molecule has 5 nitrogen and oxygen atoms in total. The number of benzene rings is 1. The molecule has 1 aromatic carbocycles. The zero-order valence-electron chi connectivity index (χ0n) is 13.0. The van der Waals surface area contributed by atoms with Gasteiger partial charge in [-0.1, -0.05) is 24.3 Å². The molecule has 1 saturated heterocycles. The molecule has 0 aliphatic carbocycles. The molecule has 0 N–H and O–H groups in total. The molecular formula is C16H23N3O2S. The van der Waals surface area contributed by atoms with Gasteiger partial charge in [0.05, 0.1) is 11.8 Å². The highest BCUT2D eigenvalue weighted by atomic mass is 32.2. The molecule has 0 aromatic heterocycles. The summed E-state index contributed by atoms with van der Waals surface area (Å²) in [5, 5.41) is 8.51. The predicted molar refractivity (Wildman–Crippen MR) is 86.7 cm³/mol. The lowest BCUT2D eigenvalue weighted by Crippen LogP contribution is -2.48. The third-order valence-electron chi connectivity index (χ3n) is 4.07. The number of piperazine rings is 1. The van der Waals surface area contributed by atoms with Crippen LogP contribution in [0.25, 0.3) is 0 Å². The molecule has 0 radical (unpaired) electrons. The van der Waals surface area contributed by atoms with E-state index in [0.29, 0.717) is 25.9 Å². The summed E-state index contributed by atoms with van der Waals surface area (Å²) in [6, 6.07) is 10.3. The third kappa shape index (κ3) is 4.54. The summed E-state index contributed by atoms with van der Waals surface area (Å²) in [7, 11) is -3.20. The Morgan fingerprint density at radius 3 is 2.50 bits per heavy atom. The van der Waals surface area contributed by atoms with Crippen molar-refractivity contribution in [2.45, 2.75) is 26.3 Å². The average Bonchev–Trinajstić information content (AvgIpc) is 2.50. The highest BCUT2D eigenvalue weighted by Gasteiger charge is 2.26. The highest BCUT2D eigenvalue weighted by molar-refractivity contribution is 7.89. The Bertz CT molecular complexity index is 629. The second-order valence-corrected chi connectivity index (χ2v) is 7.77. The van der Waals surface area contributed by atoms with Gasteiger partial charge in [-0.2, -0.15) is 9.57 Å². The van der Waals surface area contributed by atoms with Crippen molar-refractivity contribution in [1.29, 1.82) is 5.26 Å². The van der Waals surface area contributed by atoms with Gasteiger partial charge in [-0.05, 0) is 24.5 Å². The van der Waals surface area contributed by atoms with E-state index in [9.17, 15) is 8.42 Å². The van der Waals surface area contributed by atoms with Crippen molar-refractivity contribution in [1.82, 2.24) is 9.21 Å². The van der Waals surface area contributed by atoms with Gasteiger partial charge >= 0.3 is 0 Å². The van der Waals surface area contributed by atoms with Gasteiger partial charge in [0.1, 0.15) is 0 Å². The molecule has 1 fully saturated rings. The van der Waals surface area contributed by atoms with Crippen molar-refractivity contribution in [2.75, 3.05) is 31.9 Å². The number of hydrogen-bond acceptors (Lipinski definition) is 4. The molecular weight excluding hydrogens is 298 g/mol. The number of nitriles is 1. The van der Waals surface area contributed by atoms with Gasteiger partial charge in [-0.3, -0.25) is 4.90 Å². The van der Waals surface area contributed by atoms with Crippen LogP contribution in [-0.4, -0.2) is 49.6 Å². The Balaban J connectivity index is 1.85. The van der Waals surface area contributed by atoms with Gasteiger partial charge in [0.2, 0.25) is 10.0 Å². The van der Waals surface area contributed by atoms with Gasteiger partial charge in [0.15, 0.2) is 0 Å². The van der Waals surface area contributed by atoms with Crippen molar-refractivity contribution < 1.29 is 8.42 Å². The third-order valence-corrected chi connectivity index (χ3v) is 6.03. The van der Waals surface area contributed by atoms with Gasteiger partial charge in [-0.25, -0.2) is 8.42 Å². The van der Waals surface area contributed by atoms with Crippen LogP contribution in [-0.2, 0) is 16.6 Å². The molecule has 2 rings (SSSR count). The first-order chi connectivity index (χ1) is 10.5. The van der Waals surface area contributed by atoms with E-state index >= 15 is 0 Å². The predicted octanol–water partition coefficient (Wildman–Crippen LogP) is 1.75. The number of hydrogen-bond donors (Lipinski definition) is 0. The van der Waals surface area contributed by atoms with Crippen LogP contribution in [0.5, 0.6) is 0 Å². The van der Waals surface area contributed by atoms with Crippen LogP contribution in [0.3, 0.4) is 0 Å². The van der Waals surface area contributed by atoms with Crippen molar-refractivity contribution >= 4 is 10.0 Å². The maximum Gasteiger partial charge on any atom is 0.214 e. The number of nitrogens with zero attached hydrogens (tertiary/aromatic N) is 3. The maximum absolute atomic E-state index is 12.2. The molecule has 6 heteroatoms. The van der Waals surface area contributed by atoms with Crippen LogP contribution in [0.2, 0.25) is 0 Å². The molecule has 0 spiro atoms. The van der Waals surface area contributed by atoms with E-state index in [4.69, 9.17) is 5.26 Å². The minimum absolute atomic E-state index is 0.0817. The topological polar surface area (TPSA) is 64.4 Å². The van der Waals surface area contributed by atoms with Crippen molar-refractivity contribution in [3.63, 3.8) is 0 Å². The van der Waals surface area contributed by atoms with Crippen LogP contribution >= 0.6 is 0 Å². The van der Waals surface area contributed by atoms with Crippen LogP contribution in [0, 0.1) is 18.3 Å². The molecule has 1 aromatic rings. The lowest BCUT2D eigenvalue weighted by atomic mass is 10.1. The fourth-order valence-corrected chi connectivity index (χ4v) is 4.14. The van der Waals surface area contributed by atoms with Crippen molar-refractivity contribution in [3.05, 3.63) is 35.4 Å². The van der Waals surface area contributed by atoms with Gasteiger partial charge in [-0.15, -0.1) is 0 Å². The molecule has 0 amide bonds. The second kappa shape index (κ2) is 7.73. The molecule has 0 atom stereocenters. The van der Waals surface area contributed by atoms with Crippen LogP contribution in [0.15, 0.2) is 24.3 Å². The first kappa shape index (κ1) is 16.9. The maximum atomic E-state index is 12.2. The van der Waals surface area contributed by atoms with Crippen LogP contribution in [0.4, 0.5) is 0 Å². The Morgan fingerprint density at radius 1 is 1.18 bits per heavy atom. The molecule has 1 aliphatic rings. The average molecular weight is 321 g/mol. The molecule has 120 valence electrons. The van der Waals surface area contributed by atoms with E-state index in [2.05, 4.69) is 24.0 Å². The fraction of sp³-hybridized carbons (Fsp3) is 0.562. The molecule has 0 unspecified atom stereocenters. The standard InChI is InChI=1S/C16H23N3O2S/c1-15-6-2-3-7-16(15)14-18-9-11-19(12-10-18)22(20,21)13-5-4-8-17/h2-3,6-7H,4-5,9-14H2,1H3. The zero-order chi connectivity index (χ0) is 16.0. The second-order valence-electron chi connectivity index (χ2n) is 5.68. The van der Waals surface area contributed by atoms with Gasteiger partial charge in [0.25, 0.3) is 0 Å². The molecule has 22 heavy (non-hydrogen) atoms. The van der Waals surface area contributed by atoms with Crippen molar-refractivity contribution in [2.24, 2.45) is 0 Å². The summed E-state index contributed by atoms with van der Waals surface area (Å²) in [6.45, 7) is 5.57. The SMILES string of the molecule is Cc1ccccc1CN1CCN(S(=O)(=O)CCCC#N)CC1. The lowest BCUT2D eigenvalue weighted by Gasteiger charge is -2.34. The van der Waals surface area contributed by atoms with Crippen LogP contribution < -0.4 is 0 Å². The Hall–Kier alpha value is -1.42. The minimum atomic E-state index is -3.20. The largest absolute Gasteiger partial charge is 0.296 e. The number of rotatable bonds is 6. The Morgan fingerprint density at radius 2 is 1.86 bits per heavy atom. The molecule has 1 aliphatic heterocycles. The quantitative estimate of drug-likeness (QED) is 0.749. The normalized spacial score (nSPS) is 17.3. The summed E-state index contributed by atoms with van der Waals surface area (Å²) in [5.74, 6) is 0.0817. The van der Waals surface area contributed by atoms with E-state index in [-0.39, 0.29) is 5.75 Å². The zero-order valence-corrected chi connectivity index (χ0v) is 13.8. The van der Waals surface area contributed by atoms with Gasteiger partial charge in [0, 0.05) is 39.1 Å². The molecule has 0 saturated carbocycles.